The fourth-order valence-corrected chi connectivity index (χ4v) is 2.94. The summed E-state index contributed by atoms with van der Waals surface area (Å²) < 4.78 is 1.70. The van der Waals surface area contributed by atoms with E-state index in [0.29, 0.717) is 27.4 Å². The molecule has 0 spiro atoms. The number of aromatic amines is 1. The van der Waals surface area contributed by atoms with Crippen molar-refractivity contribution in [1.82, 2.24) is 19.7 Å². The standard InChI is InChI=1S/C16H18N4OS/c1-10(2)11(3)22-16-18-14-13(15(21)19-16)9-17-20(14)12-7-5-4-6-8-12/h4-11H,1-3H3,(H,18,19,21). The monoisotopic (exact) mass is 314 g/mol. The Balaban J connectivity index is 2.10. The highest BCUT2D eigenvalue weighted by Gasteiger charge is 2.15. The first-order chi connectivity index (χ1) is 10.6. The third kappa shape index (κ3) is 2.78. The lowest BCUT2D eigenvalue weighted by Crippen LogP contribution is -2.13. The summed E-state index contributed by atoms with van der Waals surface area (Å²) in [5.41, 5.74) is 1.34. The molecule has 0 bridgehead atoms. The SMILES string of the molecule is CC(C)C(C)Sc1nc2c(cnn2-c2ccccc2)c(=O)[nH]1. The molecular weight excluding hydrogens is 296 g/mol. The summed E-state index contributed by atoms with van der Waals surface area (Å²) in [4.78, 5) is 19.7. The van der Waals surface area contributed by atoms with Crippen molar-refractivity contribution >= 4 is 22.8 Å². The van der Waals surface area contributed by atoms with Crippen LogP contribution in [0.5, 0.6) is 0 Å². The molecule has 0 aliphatic heterocycles. The molecule has 1 unspecified atom stereocenters. The zero-order valence-electron chi connectivity index (χ0n) is 12.8. The number of H-pyrrole nitrogens is 1. The van der Waals surface area contributed by atoms with Gasteiger partial charge in [0.25, 0.3) is 5.56 Å². The number of fused-ring (bicyclic) bond motifs is 1. The molecule has 114 valence electrons. The van der Waals surface area contributed by atoms with Gasteiger partial charge in [0.1, 0.15) is 5.39 Å². The number of thioether (sulfide) groups is 1. The summed E-state index contributed by atoms with van der Waals surface area (Å²) in [6, 6.07) is 9.71. The van der Waals surface area contributed by atoms with Crippen LogP contribution in [0.25, 0.3) is 16.7 Å². The van der Waals surface area contributed by atoms with Crippen LogP contribution in [-0.4, -0.2) is 25.0 Å². The van der Waals surface area contributed by atoms with E-state index in [4.69, 9.17) is 0 Å². The molecule has 0 aliphatic carbocycles. The predicted molar refractivity (Wildman–Crippen MR) is 89.6 cm³/mol. The van der Waals surface area contributed by atoms with Gasteiger partial charge in [0, 0.05) is 5.25 Å². The number of nitrogens with one attached hydrogen (secondary N) is 1. The van der Waals surface area contributed by atoms with Gasteiger partial charge in [0.05, 0.1) is 11.9 Å². The molecule has 1 aromatic carbocycles. The maximum Gasteiger partial charge on any atom is 0.262 e. The highest BCUT2D eigenvalue weighted by atomic mass is 32.2. The second-order valence-corrected chi connectivity index (χ2v) is 6.93. The molecule has 0 amide bonds. The number of nitrogens with zero attached hydrogens (tertiary/aromatic N) is 3. The molecular formula is C16H18N4OS. The van der Waals surface area contributed by atoms with E-state index in [9.17, 15) is 4.79 Å². The van der Waals surface area contributed by atoms with Crippen molar-refractivity contribution in [1.29, 1.82) is 0 Å². The van der Waals surface area contributed by atoms with Crippen LogP contribution in [0, 0.1) is 5.92 Å². The van der Waals surface area contributed by atoms with E-state index in [-0.39, 0.29) is 5.56 Å². The topological polar surface area (TPSA) is 63.6 Å². The summed E-state index contributed by atoms with van der Waals surface area (Å²) >= 11 is 1.58. The summed E-state index contributed by atoms with van der Waals surface area (Å²) in [5.74, 6) is 0.505. The molecule has 1 N–H and O–H groups in total. The first-order valence-electron chi connectivity index (χ1n) is 7.26. The molecule has 0 saturated heterocycles. The van der Waals surface area contributed by atoms with Crippen molar-refractivity contribution in [2.45, 2.75) is 31.2 Å². The highest BCUT2D eigenvalue weighted by Crippen LogP contribution is 2.25. The van der Waals surface area contributed by atoms with E-state index in [1.807, 2.05) is 30.3 Å². The van der Waals surface area contributed by atoms with Crippen molar-refractivity contribution in [3.05, 3.63) is 46.9 Å². The Kier molecular flexibility index (Phi) is 4.02. The second-order valence-electron chi connectivity index (χ2n) is 5.57. The Morgan fingerprint density at radius 3 is 2.59 bits per heavy atom. The average Bonchev–Trinajstić information content (AvgIpc) is 2.92. The number of rotatable bonds is 4. The van der Waals surface area contributed by atoms with Crippen molar-refractivity contribution in [3.8, 4) is 5.69 Å². The van der Waals surface area contributed by atoms with Crippen LogP contribution >= 0.6 is 11.8 Å². The minimum absolute atomic E-state index is 0.148. The summed E-state index contributed by atoms with van der Waals surface area (Å²) in [5, 5.41) is 5.82. The van der Waals surface area contributed by atoms with E-state index in [1.54, 1.807) is 22.6 Å². The minimum Gasteiger partial charge on any atom is -0.301 e. The van der Waals surface area contributed by atoms with Gasteiger partial charge in [-0.05, 0) is 18.1 Å². The first-order valence-corrected chi connectivity index (χ1v) is 8.14. The molecule has 0 fully saturated rings. The van der Waals surface area contributed by atoms with Crippen LogP contribution in [0.3, 0.4) is 0 Å². The van der Waals surface area contributed by atoms with Crippen molar-refractivity contribution in [2.75, 3.05) is 0 Å². The van der Waals surface area contributed by atoms with Gasteiger partial charge < -0.3 is 4.98 Å². The third-order valence-electron chi connectivity index (χ3n) is 3.65. The number of para-hydroxylation sites is 1. The van der Waals surface area contributed by atoms with E-state index >= 15 is 0 Å². The zero-order chi connectivity index (χ0) is 15.7. The van der Waals surface area contributed by atoms with Gasteiger partial charge in [-0.25, -0.2) is 9.67 Å². The van der Waals surface area contributed by atoms with Crippen LogP contribution in [-0.2, 0) is 0 Å². The maximum atomic E-state index is 12.2. The van der Waals surface area contributed by atoms with E-state index in [0.717, 1.165) is 5.69 Å². The molecule has 0 aliphatic rings. The summed E-state index contributed by atoms with van der Waals surface area (Å²) in [6.45, 7) is 6.44. The predicted octanol–water partition coefficient (Wildman–Crippen LogP) is 3.25. The normalized spacial score (nSPS) is 12.9. The smallest absolute Gasteiger partial charge is 0.262 e. The summed E-state index contributed by atoms with van der Waals surface area (Å²) in [6.07, 6.45) is 1.56. The number of benzene rings is 1. The van der Waals surface area contributed by atoms with E-state index < -0.39 is 0 Å². The van der Waals surface area contributed by atoms with Crippen LogP contribution in [0.15, 0.2) is 46.5 Å². The van der Waals surface area contributed by atoms with Gasteiger partial charge in [-0.15, -0.1) is 0 Å². The molecule has 0 saturated carbocycles. The fourth-order valence-electron chi connectivity index (χ4n) is 2.02. The van der Waals surface area contributed by atoms with Gasteiger partial charge in [0.15, 0.2) is 10.8 Å². The van der Waals surface area contributed by atoms with Gasteiger partial charge in [-0.2, -0.15) is 5.10 Å². The largest absolute Gasteiger partial charge is 0.301 e. The van der Waals surface area contributed by atoms with Crippen molar-refractivity contribution in [2.24, 2.45) is 5.92 Å². The Bertz CT molecular complexity index is 838. The molecule has 6 heteroatoms. The Morgan fingerprint density at radius 2 is 1.91 bits per heavy atom. The van der Waals surface area contributed by atoms with Crippen molar-refractivity contribution in [3.63, 3.8) is 0 Å². The lowest BCUT2D eigenvalue weighted by molar-refractivity contribution is 0.640. The van der Waals surface area contributed by atoms with Crippen LogP contribution < -0.4 is 5.56 Å². The van der Waals surface area contributed by atoms with Crippen LogP contribution in [0.2, 0.25) is 0 Å². The van der Waals surface area contributed by atoms with Crippen LogP contribution in [0.4, 0.5) is 0 Å². The Hall–Kier alpha value is -2.08. The Morgan fingerprint density at radius 1 is 1.18 bits per heavy atom. The zero-order valence-corrected chi connectivity index (χ0v) is 13.6. The van der Waals surface area contributed by atoms with Gasteiger partial charge in [0.2, 0.25) is 0 Å². The van der Waals surface area contributed by atoms with E-state index in [2.05, 4.69) is 35.8 Å². The molecule has 3 rings (SSSR count). The summed E-state index contributed by atoms with van der Waals surface area (Å²) in [7, 11) is 0. The van der Waals surface area contributed by atoms with Crippen molar-refractivity contribution < 1.29 is 0 Å². The second kappa shape index (κ2) is 5.96. The minimum atomic E-state index is -0.148. The van der Waals surface area contributed by atoms with Gasteiger partial charge in [-0.3, -0.25) is 4.79 Å². The molecule has 5 nitrogen and oxygen atoms in total. The fraction of sp³-hybridized carbons (Fsp3) is 0.312. The number of aromatic nitrogens is 4. The molecule has 2 aromatic heterocycles. The van der Waals surface area contributed by atoms with E-state index in [1.165, 1.54) is 0 Å². The molecule has 22 heavy (non-hydrogen) atoms. The third-order valence-corrected chi connectivity index (χ3v) is 4.99. The molecule has 2 heterocycles. The molecule has 3 aromatic rings. The highest BCUT2D eigenvalue weighted by molar-refractivity contribution is 7.99. The number of hydrogen-bond acceptors (Lipinski definition) is 4. The maximum absolute atomic E-state index is 12.2. The quantitative estimate of drug-likeness (QED) is 0.593. The average molecular weight is 314 g/mol. The Labute approximate surface area is 132 Å². The lowest BCUT2D eigenvalue weighted by atomic mass is 10.2. The lowest BCUT2D eigenvalue weighted by Gasteiger charge is -2.13. The molecule has 0 radical (unpaired) electrons. The number of hydrogen-bond donors (Lipinski definition) is 1. The molecule has 1 atom stereocenters. The van der Waals surface area contributed by atoms with Gasteiger partial charge in [-0.1, -0.05) is 50.7 Å². The van der Waals surface area contributed by atoms with Gasteiger partial charge >= 0.3 is 0 Å². The van der Waals surface area contributed by atoms with Crippen LogP contribution in [0.1, 0.15) is 20.8 Å². The first kappa shape index (κ1) is 14.8.